The molecule has 4 aromatic rings. The van der Waals surface area contributed by atoms with Gasteiger partial charge in [0, 0.05) is 11.1 Å². The van der Waals surface area contributed by atoms with Crippen molar-refractivity contribution in [2.24, 2.45) is 0 Å². The van der Waals surface area contributed by atoms with Gasteiger partial charge in [0.15, 0.2) is 0 Å². The number of hydrogen-bond donors (Lipinski definition) is 0. The number of hydrogen-bond acceptors (Lipinski definition) is 15. The van der Waals surface area contributed by atoms with Crippen LogP contribution in [0.15, 0.2) is 84.9 Å². The van der Waals surface area contributed by atoms with Gasteiger partial charge < -0.3 is 37.9 Å². The summed E-state index contributed by atoms with van der Waals surface area (Å²) in [6.45, 7) is 2.61. The number of ether oxygens (including phenoxy) is 8. The van der Waals surface area contributed by atoms with E-state index in [-0.39, 0.29) is 58.1 Å². The quantitative estimate of drug-likeness (QED) is 0.0690. The van der Waals surface area contributed by atoms with E-state index in [0.717, 1.165) is 14.2 Å². The van der Waals surface area contributed by atoms with Crippen LogP contribution in [0, 0.1) is 0 Å². The fraction of sp³-hybridized carbons (Fsp3) is 0.244. The summed E-state index contributed by atoms with van der Waals surface area (Å²) in [6, 6.07) is 21.7. The Labute approximate surface area is 321 Å². The molecule has 0 spiro atoms. The molecule has 0 atom stereocenters. The Kier molecular flexibility index (Phi) is 15.2. The van der Waals surface area contributed by atoms with Crippen molar-refractivity contribution in [2.75, 3.05) is 40.6 Å². The first-order chi connectivity index (χ1) is 27.0. The van der Waals surface area contributed by atoms with Crippen LogP contribution in [0.1, 0.15) is 68.1 Å². The summed E-state index contributed by atoms with van der Waals surface area (Å²) in [7, 11) is 2.29. The Morgan fingerprint density at radius 2 is 0.821 bits per heavy atom. The van der Waals surface area contributed by atoms with Gasteiger partial charge in [-0.05, 0) is 49.2 Å². The van der Waals surface area contributed by atoms with Crippen LogP contribution < -0.4 is 9.47 Å². The molecule has 0 aliphatic heterocycles. The van der Waals surface area contributed by atoms with E-state index < -0.39 is 68.0 Å². The molecule has 0 bridgehead atoms. The van der Waals surface area contributed by atoms with Gasteiger partial charge in [0.05, 0.1) is 51.4 Å². The molecule has 0 aliphatic carbocycles. The van der Waals surface area contributed by atoms with Crippen molar-refractivity contribution in [3.8, 4) is 33.8 Å². The van der Waals surface area contributed by atoms with Gasteiger partial charge in [-0.2, -0.15) is 0 Å². The van der Waals surface area contributed by atoms with Crippen LogP contribution in [-0.4, -0.2) is 82.6 Å². The normalized spacial score (nSPS) is 10.4. The highest BCUT2D eigenvalue weighted by atomic mass is 16.7. The van der Waals surface area contributed by atoms with Gasteiger partial charge in [-0.25, -0.2) is 24.0 Å². The molecule has 0 saturated heterocycles. The van der Waals surface area contributed by atoms with E-state index in [4.69, 9.17) is 37.9 Å². The average molecular weight is 771 g/mol. The van der Waals surface area contributed by atoms with Crippen LogP contribution in [0.4, 0.5) is 4.79 Å². The van der Waals surface area contributed by atoms with Gasteiger partial charge in [0.1, 0.15) is 35.8 Å². The maximum absolute atomic E-state index is 12.9. The molecule has 0 fully saturated rings. The van der Waals surface area contributed by atoms with Crippen LogP contribution in [0.3, 0.4) is 0 Å². The van der Waals surface area contributed by atoms with Crippen molar-refractivity contribution in [3.05, 3.63) is 107 Å². The summed E-state index contributed by atoms with van der Waals surface area (Å²) in [4.78, 5) is 88.7. The average Bonchev–Trinajstić information content (AvgIpc) is 3.20. The van der Waals surface area contributed by atoms with Gasteiger partial charge in [-0.3, -0.25) is 9.59 Å². The Balaban J connectivity index is 1.34. The monoisotopic (exact) mass is 770 g/mol. The Morgan fingerprint density at radius 3 is 1.20 bits per heavy atom. The molecule has 292 valence electrons. The first-order valence-electron chi connectivity index (χ1n) is 17.2. The molecule has 4 rings (SSSR count). The molecule has 15 nitrogen and oxygen atoms in total. The van der Waals surface area contributed by atoms with E-state index in [1.54, 1.807) is 62.4 Å². The molecule has 0 unspecified atom stereocenters. The number of benzene rings is 4. The number of esters is 6. The van der Waals surface area contributed by atoms with Crippen LogP contribution in [0.5, 0.6) is 11.5 Å². The van der Waals surface area contributed by atoms with E-state index in [1.807, 2.05) is 0 Å². The van der Waals surface area contributed by atoms with Crippen LogP contribution >= 0.6 is 0 Å². The Morgan fingerprint density at radius 1 is 0.446 bits per heavy atom. The number of carbonyl (C=O) groups excluding carboxylic acids is 7. The minimum atomic E-state index is -1.20. The first-order valence-corrected chi connectivity index (χ1v) is 17.2. The lowest BCUT2D eigenvalue weighted by Gasteiger charge is -2.15. The number of methoxy groups -OCH3 is 2. The third-order valence-corrected chi connectivity index (χ3v) is 7.76. The molecule has 0 radical (unpaired) electrons. The molecule has 4 aromatic carbocycles. The van der Waals surface area contributed by atoms with E-state index in [0.29, 0.717) is 11.1 Å². The smallest absolute Gasteiger partial charge is 0.465 e. The minimum Gasteiger partial charge on any atom is -0.465 e. The third kappa shape index (κ3) is 10.6. The summed E-state index contributed by atoms with van der Waals surface area (Å²) < 4.78 is 40.9. The molecule has 15 heteroatoms. The van der Waals surface area contributed by atoms with Crippen molar-refractivity contribution >= 4 is 42.0 Å². The molecule has 0 N–H and O–H groups in total. The van der Waals surface area contributed by atoms with E-state index in [9.17, 15) is 33.6 Å². The second-order valence-electron chi connectivity index (χ2n) is 11.3. The largest absolute Gasteiger partial charge is 0.508 e. The minimum absolute atomic E-state index is 0.126. The van der Waals surface area contributed by atoms with Gasteiger partial charge in [-0.15, -0.1) is 0 Å². The zero-order valence-corrected chi connectivity index (χ0v) is 30.9. The molecule has 0 saturated carbocycles. The Bertz CT molecular complexity index is 1960. The maximum Gasteiger partial charge on any atom is 0.508 e. The summed E-state index contributed by atoms with van der Waals surface area (Å²) in [5.74, 6) is -4.99. The number of rotatable bonds is 16. The predicted octanol–water partition coefficient (Wildman–Crippen LogP) is 6.39. The molecule has 0 heterocycles. The summed E-state index contributed by atoms with van der Waals surface area (Å²) >= 11 is 0. The van der Waals surface area contributed by atoms with Crippen molar-refractivity contribution in [2.45, 2.75) is 26.7 Å². The van der Waals surface area contributed by atoms with Gasteiger partial charge in [-0.1, -0.05) is 60.7 Å². The van der Waals surface area contributed by atoms with Crippen LogP contribution in [0.25, 0.3) is 22.3 Å². The van der Waals surface area contributed by atoms with Crippen molar-refractivity contribution in [1.82, 2.24) is 0 Å². The zero-order chi connectivity index (χ0) is 40.6. The second kappa shape index (κ2) is 20.4. The maximum atomic E-state index is 12.9. The fourth-order valence-electron chi connectivity index (χ4n) is 5.34. The molecular weight excluding hydrogens is 732 g/mol. The van der Waals surface area contributed by atoms with Gasteiger partial charge >= 0.3 is 42.0 Å². The molecule has 0 aromatic heterocycles. The van der Waals surface area contributed by atoms with Gasteiger partial charge in [0.25, 0.3) is 0 Å². The SMILES string of the molecule is CCOC(=O)c1ccccc1-c1cccc(OC(=O)CCOC(=O)OCCC(=O)Oc2cccc(-c3ccccc3C(=O)OCC)c2C(=O)OC)c1C(=O)OC. The van der Waals surface area contributed by atoms with E-state index in [2.05, 4.69) is 0 Å². The lowest BCUT2D eigenvalue weighted by Crippen LogP contribution is -2.18. The van der Waals surface area contributed by atoms with Crippen LogP contribution in [0.2, 0.25) is 0 Å². The summed E-state index contributed by atoms with van der Waals surface area (Å²) in [5.41, 5.74) is 1.28. The molecule has 0 aliphatic rings. The van der Waals surface area contributed by atoms with E-state index >= 15 is 0 Å². The van der Waals surface area contributed by atoms with Crippen molar-refractivity contribution < 1.29 is 71.5 Å². The highest BCUT2D eigenvalue weighted by Gasteiger charge is 2.26. The lowest BCUT2D eigenvalue weighted by atomic mass is 9.94. The predicted molar refractivity (Wildman–Crippen MR) is 196 cm³/mol. The lowest BCUT2D eigenvalue weighted by molar-refractivity contribution is -0.135. The zero-order valence-electron chi connectivity index (χ0n) is 30.9. The summed E-state index contributed by atoms with van der Waals surface area (Å²) in [5, 5.41) is 0. The van der Waals surface area contributed by atoms with Crippen molar-refractivity contribution in [3.63, 3.8) is 0 Å². The van der Waals surface area contributed by atoms with Gasteiger partial charge in [0.2, 0.25) is 0 Å². The number of carbonyl (C=O) groups is 7. The molecule has 56 heavy (non-hydrogen) atoms. The highest BCUT2D eigenvalue weighted by molar-refractivity contribution is 6.06. The first kappa shape index (κ1) is 41.7. The Hall–Kier alpha value is -7.03. The molecular formula is C41H38O15. The standard InChI is InChI=1S/C41H38O15/c1-5-51-37(44)29-15-9-7-13-25(29)27-17-11-19-31(35(27)39(46)49-3)55-33(42)21-23-53-41(48)54-24-22-34(43)56-32-20-12-18-28(36(32)40(47)50-4)26-14-8-10-16-30(26)38(45)52-6-2/h7-20H,5-6,21-24H2,1-4H3. The second-order valence-corrected chi connectivity index (χ2v) is 11.3. The topological polar surface area (TPSA) is 193 Å². The van der Waals surface area contributed by atoms with Crippen molar-refractivity contribution in [1.29, 1.82) is 0 Å². The van der Waals surface area contributed by atoms with E-state index in [1.165, 1.54) is 36.4 Å². The third-order valence-electron chi connectivity index (χ3n) is 7.76. The fourth-order valence-corrected chi connectivity index (χ4v) is 5.34. The van der Waals surface area contributed by atoms with Crippen LogP contribution in [-0.2, 0) is 38.0 Å². The summed E-state index contributed by atoms with van der Waals surface area (Å²) in [6.07, 6.45) is -2.10. The molecule has 0 amide bonds. The highest BCUT2D eigenvalue weighted by Crippen LogP contribution is 2.35.